The second kappa shape index (κ2) is 15.7. The van der Waals surface area contributed by atoms with Crippen molar-refractivity contribution >= 4 is 11.4 Å². The van der Waals surface area contributed by atoms with Crippen LogP contribution in [-0.4, -0.2) is 43.5 Å². The fourth-order valence-electron chi connectivity index (χ4n) is 4.19. The van der Waals surface area contributed by atoms with Crippen molar-refractivity contribution in [1.29, 1.82) is 10.5 Å². The predicted molar refractivity (Wildman–Crippen MR) is 175 cm³/mol. The number of rotatable bonds is 9. The van der Waals surface area contributed by atoms with E-state index in [1.807, 2.05) is 13.8 Å². The molecule has 0 saturated heterocycles. The summed E-state index contributed by atoms with van der Waals surface area (Å²) in [7, 11) is 0. The third-order valence-corrected chi connectivity index (χ3v) is 6.41. The maximum Gasteiger partial charge on any atom is 0.258 e. The van der Waals surface area contributed by atoms with Gasteiger partial charge in [-0.1, -0.05) is 29.4 Å². The number of benzene rings is 2. The topological polar surface area (TPSA) is 178 Å². The first kappa shape index (κ1) is 33.0. The molecule has 0 unspecified atom stereocenters. The summed E-state index contributed by atoms with van der Waals surface area (Å²) in [6.45, 7) is 18.8. The Kier molecular flexibility index (Phi) is 10.6. The number of hydrogen-bond donors (Lipinski definition) is 0. The van der Waals surface area contributed by atoms with Crippen LogP contribution in [0.4, 0.5) is 11.4 Å². The first-order chi connectivity index (χ1) is 24.0. The summed E-state index contributed by atoms with van der Waals surface area (Å²) in [6.07, 6.45) is 3.76. The van der Waals surface area contributed by atoms with Gasteiger partial charge in [0, 0.05) is 23.5 Å². The van der Waals surface area contributed by atoms with E-state index in [4.69, 9.17) is 36.9 Å². The highest BCUT2D eigenvalue weighted by atomic mass is 16.5. The largest absolute Gasteiger partial charge is 0.494 e. The number of pyridine rings is 2. The molecule has 6 aromatic rings. The molecule has 4 heterocycles. The second-order valence-electron chi connectivity index (χ2n) is 9.87. The molecule has 0 spiro atoms. The van der Waals surface area contributed by atoms with Crippen molar-refractivity contribution in [2.75, 3.05) is 13.2 Å². The van der Waals surface area contributed by atoms with Gasteiger partial charge in [0.05, 0.1) is 49.6 Å². The van der Waals surface area contributed by atoms with Crippen LogP contribution in [-0.2, 0) is 0 Å². The molecule has 0 aliphatic heterocycles. The summed E-state index contributed by atoms with van der Waals surface area (Å²) in [5.41, 5.74) is 3.95. The number of nitriles is 2. The van der Waals surface area contributed by atoms with E-state index in [0.29, 0.717) is 81.4 Å². The first-order valence-electron chi connectivity index (χ1n) is 14.7. The van der Waals surface area contributed by atoms with Gasteiger partial charge in [0.1, 0.15) is 22.9 Å². The molecule has 238 valence electrons. The molecule has 0 aliphatic carbocycles. The van der Waals surface area contributed by atoms with Gasteiger partial charge in [0.25, 0.3) is 11.8 Å². The number of nitrogens with zero attached hydrogens (tertiary/aromatic N) is 10. The van der Waals surface area contributed by atoms with Gasteiger partial charge < -0.3 is 18.5 Å². The SMILES string of the molecule is [C-]#[N+]c1ccc(-c2noc(-c3cc(C#N)cc(OCC)c3)n2)nc1.[C-]#[N+]c1ccc(-c2noc(-c3cc(C#N)cc(OCCC)c3)n2)nc1. The molecule has 0 radical (unpaired) electrons. The molecule has 0 aliphatic rings. The normalized spacial score (nSPS) is 10.0. The van der Waals surface area contributed by atoms with Gasteiger partial charge in [0.2, 0.25) is 23.0 Å². The van der Waals surface area contributed by atoms with Crippen LogP contribution in [0.1, 0.15) is 31.4 Å². The van der Waals surface area contributed by atoms with Gasteiger partial charge in [-0.2, -0.15) is 20.5 Å². The third-order valence-electron chi connectivity index (χ3n) is 6.41. The van der Waals surface area contributed by atoms with Crippen LogP contribution in [0.25, 0.3) is 55.6 Å². The second-order valence-corrected chi connectivity index (χ2v) is 9.87. The van der Waals surface area contributed by atoms with Crippen LogP contribution < -0.4 is 9.47 Å². The van der Waals surface area contributed by atoms with E-state index in [2.05, 4.69) is 52.1 Å². The molecule has 6 rings (SSSR count). The van der Waals surface area contributed by atoms with Crippen molar-refractivity contribution in [2.24, 2.45) is 0 Å². The van der Waals surface area contributed by atoms with Gasteiger partial charge in [0.15, 0.2) is 0 Å². The van der Waals surface area contributed by atoms with Gasteiger partial charge in [-0.15, -0.1) is 0 Å². The van der Waals surface area contributed by atoms with Crippen molar-refractivity contribution < 1.29 is 18.5 Å². The standard InChI is InChI=1S/C18H13N5O2.C17H11N5O2/c1-3-6-24-15-8-12(10-19)7-13(9-15)18-22-17(23-25-18)16-5-4-14(20-2)11-21-16;1-3-23-14-7-11(9-18)6-12(8-14)17-21-16(22-24-17)15-5-4-13(19-2)10-20-15/h4-5,7-9,11H,3,6H2,1H3;4-8,10H,3H2,1H3. The lowest BCUT2D eigenvalue weighted by Crippen LogP contribution is -1.96. The number of aromatic nitrogens is 6. The smallest absolute Gasteiger partial charge is 0.258 e. The Morgan fingerprint density at radius 1 is 0.694 bits per heavy atom. The molecule has 0 fully saturated rings. The Hall–Kier alpha value is -7.42. The lowest BCUT2D eigenvalue weighted by Gasteiger charge is -2.06. The van der Waals surface area contributed by atoms with Gasteiger partial charge >= 0.3 is 0 Å². The van der Waals surface area contributed by atoms with Crippen LogP contribution in [0.2, 0.25) is 0 Å². The Labute approximate surface area is 280 Å². The number of ether oxygens (including phenoxy) is 2. The fourth-order valence-corrected chi connectivity index (χ4v) is 4.19. The van der Waals surface area contributed by atoms with Crippen molar-refractivity contribution in [3.63, 3.8) is 0 Å². The predicted octanol–water partition coefficient (Wildman–Crippen LogP) is 7.63. The number of hydrogen-bond acceptors (Lipinski definition) is 12. The van der Waals surface area contributed by atoms with Crippen LogP contribution in [0, 0.1) is 35.8 Å². The molecule has 4 aromatic heterocycles. The quantitative estimate of drug-likeness (QED) is 0.140. The summed E-state index contributed by atoms with van der Waals surface area (Å²) in [6, 6.07) is 20.9. The average molecular weight is 649 g/mol. The highest BCUT2D eigenvalue weighted by molar-refractivity contribution is 5.64. The van der Waals surface area contributed by atoms with Crippen LogP contribution in [0.15, 0.2) is 82.1 Å². The fraction of sp³-hybridized carbons (Fsp3) is 0.143. The minimum absolute atomic E-state index is 0.263. The molecule has 2 aromatic carbocycles. The zero-order chi connectivity index (χ0) is 34.6. The molecule has 14 nitrogen and oxygen atoms in total. The summed E-state index contributed by atoms with van der Waals surface area (Å²) >= 11 is 0. The van der Waals surface area contributed by atoms with E-state index in [-0.39, 0.29) is 11.8 Å². The summed E-state index contributed by atoms with van der Waals surface area (Å²) in [5.74, 6) is 2.29. The molecular weight excluding hydrogens is 624 g/mol. The van der Waals surface area contributed by atoms with Gasteiger partial charge in [-0.3, -0.25) is 9.97 Å². The van der Waals surface area contributed by atoms with Crippen molar-refractivity contribution in [2.45, 2.75) is 20.3 Å². The Balaban J connectivity index is 0.000000191. The van der Waals surface area contributed by atoms with E-state index >= 15 is 0 Å². The van der Waals surface area contributed by atoms with Gasteiger partial charge in [-0.25, -0.2) is 9.69 Å². The summed E-state index contributed by atoms with van der Waals surface area (Å²) < 4.78 is 21.6. The van der Waals surface area contributed by atoms with Crippen LogP contribution in [0.3, 0.4) is 0 Å². The Bertz CT molecular complexity index is 2230. The minimum atomic E-state index is 0.263. The zero-order valence-electron chi connectivity index (χ0n) is 26.2. The van der Waals surface area contributed by atoms with Crippen LogP contribution in [0.5, 0.6) is 11.5 Å². The molecule has 14 heteroatoms. The van der Waals surface area contributed by atoms with Crippen molar-refractivity contribution in [1.82, 2.24) is 30.2 Å². The maximum atomic E-state index is 9.18. The highest BCUT2D eigenvalue weighted by Gasteiger charge is 2.15. The van der Waals surface area contributed by atoms with E-state index in [0.717, 1.165) is 6.42 Å². The average Bonchev–Trinajstić information content (AvgIpc) is 3.86. The van der Waals surface area contributed by atoms with Crippen molar-refractivity contribution in [3.8, 4) is 69.6 Å². The Morgan fingerprint density at radius 2 is 1.18 bits per heavy atom. The molecule has 0 amide bonds. The van der Waals surface area contributed by atoms with E-state index in [9.17, 15) is 5.26 Å². The molecule has 0 N–H and O–H groups in total. The molecular formula is C35H24N10O4. The summed E-state index contributed by atoms with van der Waals surface area (Å²) in [4.78, 5) is 23.5. The van der Waals surface area contributed by atoms with E-state index in [1.54, 1.807) is 60.7 Å². The monoisotopic (exact) mass is 648 g/mol. The first-order valence-corrected chi connectivity index (χ1v) is 14.7. The van der Waals surface area contributed by atoms with Crippen LogP contribution >= 0.6 is 0 Å². The minimum Gasteiger partial charge on any atom is -0.494 e. The third kappa shape index (κ3) is 8.25. The summed E-state index contributed by atoms with van der Waals surface area (Å²) in [5, 5.41) is 26.1. The Morgan fingerprint density at radius 3 is 1.57 bits per heavy atom. The molecule has 0 bridgehead atoms. The van der Waals surface area contributed by atoms with Gasteiger partial charge in [-0.05, 0) is 61.9 Å². The van der Waals surface area contributed by atoms with E-state index < -0.39 is 0 Å². The lowest BCUT2D eigenvalue weighted by molar-refractivity contribution is 0.317. The maximum absolute atomic E-state index is 9.18. The lowest BCUT2D eigenvalue weighted by atomic mass is 10.1. The molecule has 0 atom stereocenters. The zero-order valence-corrected chi connectivity index (χ0v) is 26.2. The van der Waals surface area contributed by atoms with Crippen molar-refractivity contribution in [3.05, 3.63) is 107 Å². The molecule has 0 saturated carbocycles. The highest BCUT2D eigenvalue weighted by Crippen LogP contribution is 2.28. The van der Waals surface area contributed by atoms with E-state index in [1.165, 1.54) is 12.4 Å². The molecule has 49 heavy (non-hydrogen) atoms.